The van der Waals surface area contributed by atoms with Gasteiger partial charge in [-0.05, 0) is 47.4 Å². The monoisotopic (exact) mass is 481 g/mol. The van der Waals surface area contributed by atoms with Gasteiger partial charge in [-0.2, -0.15) is 0 Å². The summed E-state index contributed by atoms with van der Waals surface area (Å²) < 4.78 is 26.1. The molecule has 1 aliphatic rings. The van der Waals surface area contributed by atoms with E-state index in [-0.39, 0.29) is 27.9 Å². The number of benzene rings is 3. The number of aliphatic hydroxyl groups is 2. The lowest BCUT2D eigenvalue weighted by atomic mass is 10.1. The standard InChI is InChI=1S/C25H27N3O5S/c1-16(18-5-3-2-4-6-18)27-25(31)28-23-10-9-21(12-22(23)24(29)30)34(32,33)15-17-7-8-19-13-26-14-20(19)11-17/h2-12,16,24,26,29-30H,13-15H2,1H3,(H2,27,28,31). The number of sulfone groups is 1. The molecule has 0 saturated heterocycles. The number of hydrogen-bond acceptors (Lipinski definition) is 6. The number of nitrogens with one attached hydrogen (secondary N) is 3. The molecule has 0 saturated carbocycles. The highest BCUT2D eigenvalue weighted by Gasteiger charge is 2.22. The van der Waals surface area contributed by atoms with Crippen LogP contribution in [0.3, 0.4) is 0 Å². The first kappa shape index (κ1) is 23.9. The fraction of sp³-hybridized carbons (Fsp3) is 0.240. The van der Waals surface area contributed by atoms with Crippen LogP contribution in [-0.4, -0.2) is 24.7 Å². The van der Waals surface area contributed by atoms with E-state index in [9.17, 15) is 23.4 Å². The molecule has 0 aromatic heterocycles. The highest BCUT2D eigenvalue weighted by atomic mass is 32.2. The van der Waals surface area contributed by atoms with Gasteiger partial charge in [0.1, 0.15) is 0 Å². The summed E-state index contributed by atoms with van der Waals surface area (Å²) in [4.78, 5) is 12.4. The molecule has 1 atom stereocenters. The molecule has 0 radical (unpaired) electrons. The predicted octanol–water partition coefficient (Wildman–Crippen LogP) is 3.13. The largest absolute Gasteiger partial charge is 0.364 e. The second-order valence-corrected chi connectivity index (χ2v) is 10.3. The van der Waals surface area contributed by atoms with E-state index in [0.717, 1.165) is 23.2 Å². The smallest absolute Gasteiger partial charge is 0.319 e. The van der Waals surface area contributed by atoms with Crippen molar-refractivity contribution in [2.24, 2.45) is 0 Å². The Bertz CT molecular complexity index is 1290. The fourth-order valence-corrected chi connectivity index (χ4v) is 5.35. The van der Waals surface area contributed by atoms with Crippen LogP contribution in [0.15, 0.2) is 71.6 Å². The van der Waals surface area contributed by atoms with E-state index in [1.165, 1.54) is 18.2 Å². The molecule has 0 spiro atoms. The van der Waals surface area contributed by atoms with Gasteiger partial charge in [-0.15, -0.1) is 0 Å². The highest BCUT2D eigenvalue weighted by Crippen LogP contribution is 2.28. The van der Waals surface area contributed by atoms with Crippen molar-refractivity contribution < 1.29 is 23.4 Å². The molecule has 1 heterocycles. The van der Waals surface area contributed by atoms with E-state index in [1.807, 2.05) is 49.4 Å². The molecule has 3 aromatic rings. The van der Waals surface area contributed by atoms with Crippen molar-refractivity contribution in [1.29, 1.82) is 0 Å². The van der Waals surface area contributed by atoms with Crippen LogP contribution in [0, 0.1) is 0 Å². The molecular formula is C25H27N3O5S. The van der Waals surface area contributed by atoms with Crippen LogP contribution < -0.4 is 16.0 Å². The predicted molar refractivity (Wildman–Crippen MR) is 129 cm³/mol. The van der Waals surface area contributed by atoms with Gasteiger partial charge in [0.25, 0.3) is 0 Å². The minimum atomic E-state index is -3.76. The Morgan fingerprint density at radius 3 is 2.47 bits per heavy atom. The lowest BCUT2D eigenvalue weighted by molar-refractivity contribution is -0.0420. The molecule has 0 aliphatic carbocycles. The number of amides is 2. The molecule has 9 heteroatoms. The molecule has 4 rings (SSSR count). The first-order valence-corrected chi connectivity index (χ1v) is 12.5. The van der Waals surface area contributed by atoms with Crippen LogP contribution in [-0.2, 0) is 28.7 Å². The Morgan fingerprint density at radius 1 is 1.00 bits per heavy atom. The van der Waals surface area contributed by atoms with E-state index in [2.05, 4.69) is 16.0 Å². The first-order valence-electron chi connectivity index (χ1n) is 10.9. The number of anilines is 1. The third-order valence-corrected chi connectivity index (χ3v) is 7.50. The number of carbonyl (C=O) groups is 1. The van der Waals surface area contributed by atoms with Crippen molar-refractivity contribution in [3.05, 3.63) is 94.5 Å². The second-order valence-electron chi connectivity index (χ2n) is 8.32. The van der Waals surface area contributed by atoms with Crippen LogP contribution in [0.1, 0.15) is 47.1 Å². The summed E-state index contributed by atoms with van der Waals surface area (Å²) in [6.45, 7) is 3.29. The van der Waals surface area contributed by atoms with E-state index >= 15 is 0 Å². The molecular weight excluding hydrogens is 454 g/mol. The van der Waals surface area contributed by atoms with Gasteiger partial charge in [-0.3, -0.25) is 0 Å². The quantitative estimate of drug-likeness (QED) is 0.330. The molecule has 34 heavy (non-hydrogen) atoms. The lowest BCUT2D eigenvalue weighted by Gasteiger charge is -2.18. The number of aliphatic hydroxyl groups excluding tert-OH is 1. The molecule has 178 valence electrons. The van der Waals surface area contributed by atoms with Crippen LogP contribution in [0.4, 0.5) is 10.5 Å². The Morgan fingerprint density at radius 2 is 1.74 bits per heavy atom. The maximum Gasteiger partial charge on any atom is 0.319 e. The van der Waals surface area contributed by atoms with Gasteiger partial charge in [-0.25, -0.2) is 13.2 Å². The van der Waals surface area contributed by atoms with Crippen LogP contribution >= 0.6 is 0 Å². The number of carbonyl (C=O) groups excluding carboxylic acids is 1. The average Bonchev–Trinajstić information content (AvgIpc) is 3.27. The Hall–Kier alpha value is -3.24. The number of fused-ring (bicyclic) bond motifs is 1. The SMILES string of the molecule is CC(NC(=O)Nc1ccc(S(=O)(=O)Cc2ccc3c(c2)CNC3)cc1C(O)O)c1ccccc1. The van der Waals surface area contributed by atoms with E-state index in [4.69, 9.17) is 0 Å². The van der Waals surface area contributed by atoms with Crippen LogP contribution in [0.5, 0.6) is 0 Å². The number of hydrogen-bond donors (Lipinski definition) is 5. The summed E-state index contributed by atoms with van der Waals surface area (Å²) in [5, 5.41) is 28.3. The summed E-state index contributed by atoms with van der Waals surface area (Å²) >= 11 is 0. The Labute approximate surface area is 198 Å². The maximum absolute atomic E-state index is 13.0. The second kappa shape index (κ2) is 9.94. The lowest BCUT2D eigenvalue weighted by Crippen LogP contribution is -2.31. The summed E-state index contributed by atoms with van der Waals surface area (Å²) in [5.41, 5.74) is 3.79. The van der Waals surface area contributed by atoms with Crippen molar-refractivity contribution in [2.75, 3.05) is 5.32 Å². The minimum Gasteiger partial charge on any atom is -0.364 e. The Kier molecular flexibility index (Phi) is 6.99. The van der Waals surface area contributed by atoms with Gasteiger partial charge < -0.3 is 26.2 Å². The molecule has 0 fully saturated rings. The third-order valence-electron chi connectivity index (χ3n) is 5.81. The van der Waals surface area contributed by atoms with Crippen molar-refractivity contribution in [3.63, 3.8) is 0 Å². The summed E-state index contributed by atoms with van der Waals surface area (Å²) in [6.07, 6.45) is -1.97. The molecule has 5 N–H and O–H groups in total. The van der Waals surface area contributed by atoms with Crippen molar-refractivity contribution in [1.82, 2.24) is 10.6 Å². The van der Waals surface area contributed by atoms with Gasteiger partial charge in [0.2, 0.25) is 0 Å². The minimum absolute atomic E-state index is 0.0576. The zero-order valence-electron chi connectivity index (χ0n) is 18.7. The van der Waals surface area contributed by atoms with E-state index in [1.54, 1.807) is 6.07 Å². The zero-order valence-corrected chi connectivity index (χ0v) is 19.5. The van der Waals surface area contributed by atoms with Crippen LogP contribution in [0.25, 0.3) is 0 Å². The highest BCUT2D eigenvalue weighted by molar-refractivity contribution is 7.90. The molecule has 0 bridgehead atoms. The van der Waals surface area contributed by atoms with Gasteiger partial charge in [0.15, 0.2) is 16.1 Å². The summed E-state index contributed by atoms with van der Waals surface area (Å²) in [6, 6.07) is 18.0. The molecule has 2 amide bonds. The van der Waals surface area contributed by atoms with E-state index in [0.29, 0.717) is 12.1 Å². The van der Waals surface area contributed by atoms with E-state index < -0.39 is 22.2 Å². The number of rotatable bonds is 7. The maximum atomic E-state index is 13.0. The van der Waals surface area contributed by atoms with Gasteiger partial charge in [-0.1, -0.05) is 48.5 Å². The van der Waals surface area contributed by atoms with Gasteiger partial charge >= 0.3 is 6.03 Å². The molecule has 3 aromatic carbocycles. The fourth-order valence-electron chi connectivity index (χ4n) is 3.98. The number of urea groups is 1. The first-order chi connectivity index (χ1) is 16.2. The topological polar surface area (TPSA) is 128 Å². The molecule has 8 nitrogen and oxygen atoms in total. The van der Waals surface area contributed by atoms with Gasteiger partial charge in [0.05, 0.1) is 22.4 Å². The normalized spacial score (nSPS) is 14.0. The average molecular weight is 482 g/mol. The van der Waals surface area contributed by atoms with Gasteiger partial charge in [0, 0.05) is 18.7 Å². The van der Waals surface area contributed by atoms with Crippen LogP contribution in [0.2, 0.25) is 0 Å². The van der Waals surface area contributed by atoms with Crippen molar-refractivity contribution in [2.45, 2.75) is 43.0 Å². The molecule has 1 aliphatic heterocycles. The Balaban J connectivity index is 1.51. The third kappa shape index (κ3) is 5.45. The summed E-state index contributed by atoms with van der Waals surface area (Å²) in [7, 11) is -3.76. The summed E-state index contributed by atoms with van der Waals surface area (Å²) in [5.74, 6) is -0.219. The molecule has 1 unspecified atom stereocenters. The zero-order chi connectivity index (χ0) is 24.3. The van der Waals surface area contributed by atoms with Crippen molar-refractivity contribution in [3.8, 4) is 0 Å². The van der Waals surface area contributed by atoms with Crippen molar-refractivity contribution >= 4 is 21.6 Å².